The second-order valence-corrected chi connectivity index (χ2v) is 8.96. The molecule has 0 aliphatic carbocycles. The van der Waals surface area contributed by atoms with Gasteiger partial charge in [-0.1, -0.05) is 30.3 Å². The van der Waals surface area contributed by atoms with Crippen molar-refractivity contribution in [2.45, 2.75) is 30.3 Å². The number of hydrogen-bond acceptors (Lipinski definition) is 4. The molecule has 0 N–H and O–H groups in total. The van der Waals surface area contributed by atoms with Crippen molar-refractivity contribution >= 4 is 10.0 Å². The minimum absolute atomic E-state index is 0.283. The molecule has 0 radical (unpaired) electrons. The van der Waals surface area contributed by atoms with Gasteiger partial charge < -0.3 is 0 Å². The molecule has 2 bridgehead atoms. The SMILES string of the molecule is O=S(=O)(c1cccnc1)N1C[C@@H]2CC[C@H](C1)N(Cc1ccccc1)C2. The molecule has 0 unspecified atom stereocenters. The number of rotatable bonds is 4. The van der Waals surface area contributed by atoms with E-state index in [4.69, 9.17) is 0 Å². The van der Waals surface area contributed by atoms with Crippen molar-refractivity contribution in [2.75, 3.05) is 19.6 Å². The highest BCUT2D eigenvalue weighted by Crippen LogP contribution is 2.31. The van der Waals surface area contributed by atoms with E-state index in [1.54, 1.807) is 22.6 Å². The highest BCUT2D eigenvalue weighted by atomic mass is 32.2. The minimum atomic E-state index is -3.46. The quantitative estimate of drug-likeness (QED) is 0.843. The first-order valence-electron chi connectivity index (χ1n) is 8.81. The van der Waals surface area contributed by atoms with Gasteiger partial charge in [-0.25, -0.2) is 8.42 Å². The maximum absolute atomic E-state index is 13.0. The molecular formula is C19H23N3O2S. The van der Waals surface area contributed by atoms with Gasteiger partial charge in [-0.15, -0.1) is 0 Å². The molecule has 0 spiro atoms. The summed E-state index contributed by atoms with van der Waals surface area (Å²) in [6.45, 7) is 3.04. The Bertz CT molecular complexity index is 811. The Kier molecular flexibility index (Phi) is 4.58. The van der Waals surface area contributed by atoms with Gasteiger partial charge >= 0.3 is 0 Å². The molecule has 3 aliphatic rings. The van der Waals surface area contributed by atoms with Crippen molar-refractivity contribution in [3.05, 3.63) is 60.4 Å². The molecule has 5 nitrogen and oxygen atoms in total. The molecule has 6 heteroatoms. The van der Waals surface area contributed by atoms with E-state index in [1.807, 2.05) is 6.07 Å². The van der Waals surface area contributed by atoms with Crippen LogP contribution in [0.4, 0.5) is 0 Å². The third-order valence-electron chi connectivity index (χ3n) is 5.29. The summed E-state index contributed by atoms with van der Waals surface area (Å²) in [6, 6.07) is 14.0. The van der Waals surface area contributed by atoms with Crippen LogP contribution in [0, 0.1) is 5.92 Å². The number of benzene rings is 1. The van der Waals surface area contributed by atoms with Crippen LogP contribution in [0.25, 0.3) is 0 Å². The van der Waals surface area contributed by atoms with E-state index in [0.717, 1.165) is 25.9 Å². The second kappa shape index (κ2) is 6.86. The second-order valence-electron chi connectivity index (χ2n) is 7.02. The summed E-state index contributed by atoms with van der Waals surface area (Å²) in [4.78, 5) is 6.74. The van der Waals surface area contributed by atoms with Crippen molar-refractivity contribution in [3.8, 4) is 0 Å². The van der Waals surface area contributed by atoms with Gasteiger partial charge in [0.2, 0.25) is 10.0 Å². The number of hydrogen-bond donors (Lipinski definition) is 0. The van der Waals surface area contributed by atoms with Crippen molar-refractivity contribution in [2.24, 2.45) is 5.92 Å². The molecule has 2 aromatic rings. The molecule has 3 fully saturated rings. The van der Waals surface area contributed by atoms with Crippen LogP contribution in [0.5, 0.6) is 0 Å². The average molecular weight is 357 g/mol. The summed E-state index contributed by atoms with van der Waals surface area (Å²) < 4.78 is 27.7. The normalized spacial score (nSPS) is 25.0. The van der Waals surface area contributed by atoms with Crippen LogP contribution in [-0.4, -0.2) is 48.3 Å². The average Bonchev–Trinajstić information content (AvgIpc) is 2.96. The van der Waals surface area contributed by atoms with E-state index in [0.29, 0.717) is 23.9 Å². The van der Waals surface area contributed by atoms with Gasteiger partial charge in [-0.3, -0.25) is 9.88 Å². The minimum Gasteiger partial charge on any atom is -0.294 e. The summed E-state index contributed by atoms with van der Waals surface area (Å²) in [7, 11) is -3.46. The lowest BCUT2D eigenvalue weighted by Crippen LogP contribution is -2.43. The smallest absolute Gasteiger partial charge is 0.244 e. The van der Waals surface area contributed by atoms with Crippen molar-refractivity contribution in [1.29, 1.82) is 0 Å². The standard InChI is InChI=1S/C19H23N3O2S/c23-25(24,19-7-4-10-20-11-19)22-14-17-8-9-18(15-22)21(13-17)12-16-5-2-1-3-6-16/h1-7,10-11,17-18H,8-9,12-15H2/t17-,18-/m1/s1. The fourth-order valence-corrected chi connectivity index (χ4v) is 5.51. The zero-order chi connectivity index (χ0) is 17.3. The molecule has 1 aromatic heterocycles. The Morgan fingerprint density at radius 2 is 1.84 bits per heavy atom. The summed E-state index contributed by atoms with van der Waals surface area (Å²) in [5.41, 5.74) is 1.29. The fourth-order valence-electron chi connectivity index (χ4n) is 3.99. The molecule has 4 heterocycles. The van der Waals surface area contributed by atoms with Crippen LogP contribution in [0.15, 0.2) is 59.8 Å². The van der Waals surface area contributed by atoms with Crippen molar-refractivity contribution < 1.29 is 8.42 Å². The van der Waals surface area contributed by atoms with Crippen LogP contribution in [-0.2, 0) is 16.6 Å². The number of nitrogens with zero attached hydrogens (tertiary/aromatic N) is 3. The largest absolute Gasteiger partial charge is 0.294 e. The lowest BCUT2D eigenvalue weighted by molar-refractivity contribution is 0.125. The van der Waals surface area contributed by atoms with Gasteiger partial charge in [-0.05, 0) is 36.5 Å². The monoisotopic (exact) mass is 357 g/mol. The summed E-state index contributed by atoms with van der Waals surface area (Å²) in [5, 5.41) is 0. The molecule has 5 rings (SSSR count). The van der Waals surface area contributed by atoms with Gasteiger partial charge in [0, 0.05) is 44.6 Å². The number of fused-ring (bicyclic) bond motifs is 4. The van der Waals surface area contributed by atoms with E-state index in [-0.39, 0.29) is 6.04 Å². The Hall–Kier alpha value is -1.76. The molecule has 132 valence electrons. The Labute approximate surface area is 149 Å². The van der Waals surface area contributed by atoms with Crippen molar-refractivity contribution in [1.82, 2.24) is 14.2 Å². The highest BCUT2D eigenvalue weighted by molar-refractivity contribution is 7.89. The lowest BCUT2D eigenvalue weighted by atomic mass is 9.94. The number of piperidine rings is 1. The zero-order valence-electron chi connectivity index (χ0n) is 14.2. The molecule has 3 aliphatic heterocycles. The van der Waals surface area contributed by atoms with Gasteiger partial charge in [0.1, 0.15) is 4.90 Å². The first-order valence-corrected chi connectivity index (χ1v) is 10.2. The van der Waals surface area contributed by atoms with E-state index < -0.39 is 10.0 Å². The van der Waals surface area contributed by atoms with E-state index in [1.165, 1.54) is 11.8 Å². The Morgan fingerprint density at radius 3 is 2.60 bits per heavy atom. The number of sulfonamides is 1. The van der Waals surface area contributed by atoms with E-state index in [9.17, 15) is 8.42 Å². The molecule has 0 amide bonds. The third-order valence-corrected chi connectivity index (χ3v) is 7.11. The lowest BCUT2D eigenvalue weighted by Gasteiger charge is -2.36. The summed E-state index contributed by atoms with van der Waals surface area (Å²) in [6.07, 6.45) is 5.22. The molecule has 1 aromatic carbocycles. The first kappa shape index (κ1) is 16.7. The van der Waals surface area contributed by atoms with Gasteiger partial charge in [0.05, 0.1) is 0 Å². The molecule has 2 atom stereocenters. The van der Waals surface area contributed by atoms with Crippen LogP contribution in [0.1, 0.15) is 18.4 Å². The molecule has 0 saturated carbocycles. The summed E-state index contributed by atoms with van der Waals surface area (Å²) >= 11 is 0. The van der Waals surface area contributed by atoms with E-state index in [2.05, 4.69) is 34.1 Å². The van der Waals surface area contributed by atoms with Crippen LogP contribution >= 0.6 is 0 Å². The molecule has 25 heavy (non-hydrogen) atoms. The molecule has 3 saturated heterocycles. The van der Waals surface area contributed by atoms with Crippen LogP contribution < -0.4 is 0 Å². The Morgan fingerprint density at radius 1 is 1.00 bits per heavy atom. The topological polar surface area (TPSA) is 53.5 Å². The van der Waals surface area contributed by atoms with Gasteiger partial charge in [0.25, 0.3) is 0 Å². The maximum atomic E-state index is 13.0. The van der Waals surface area contributed by atoms with Gasteiger partial charge in [-0.2, -0.15) is 4.31 Å². The third kappa shape index (κ3) is 3.47. The molecular weight excluding hydrogens is 334 g/mol. The maximum Gasteiger partial charge on any atom is 0.244 e. The fraction of sp³-hybridized carbons (Fsp3) is 0.421. The highest BCUT2D eigenvalue weighted by Gasteiger charge is 2.39. The van der Waals surface area contributed by atoms with Crippen LogP contribution in [0.2, 0.25) is 0 Å². The summed E-state index contributed by atoms with van der Waals surface area (Å²) in [5.74, 6) is 0.397. The van der Waals surface area contributed by atoms with Gasteiger partial charge in [0.15, 0.2) is 0 Å². The van der Waals surface area contributed by atoms with E-state index >= 15 is 0 Å². The predicted molar refractivity (Wildman–Crippen MR) is 96.4 cm³/mol. The number of aromatic nitrogens is 1. The number of pyridine rings is 1. The Balaban J connectivity index is 1.55. The predicted octanol–water partition coefficient (Wildman–Crippen LogP) is 2.37. The van der Waals surface area contributed by atoms with Crippen molar-refractivity contribution in [3.63, 3.8) is 0 Å². The zero-order valence-corrected chi connectivity index (χ0v) is 15.0. The van der Waals surface area contributed by atoms with Crippen LogP contribution in [0.3, 0.4) is 0 Å². The first-order chi connectivity index (χ1) is 12.1.